The van der Waals surface area contributed by atoms with Crippen molar-refractivity contribution in [3.8, 4) is 23.0 Å². The largest absolute Gasteiger partial charge is 0.507 e. The summed E-state index contributed by atoms with van der Waals surface area (Å²) < 4.78 is 27.6. The van der Waals surface area contributed by atoms with Gasteiger partial charge in [-0.1, -0.05) is 6.07 Å². The summed E-state index contributed by atoms with van der Waals surface area (Å²) in [6.45, 7) is 3.14. The van der Waals surface area contributed by atoms with Crippen LogP contribution in [0.5, 0.6) is 23.0 Å². The predicted molar refractivity (Wildman–Crippen MR) is 132 cm³/mol. The summed E-state index contributed by atoms with van der Waals surface area (Å²) >= 11 is 0. The van der Waals surface area contributed by atoms with E-state index in [4.69, 9.17) is 23.7 Å². The third-order valence-electron chi connectivity index (χ3n) is 6.43. The Morgan fingerprint density at radius 2 is 1.78 bits per heavy atom. The standard InChI is InChI=1S/C27H31NO8/c1-5-35-21-10-8-16(13-22(21)34-4)24-23(25(29)19-14-17(32-2)9-11-20(19)33-3)26(30)27(31)28(24)15-18-7-6-12-36-18/h8-11,13-14,18,24,29H,5-7,12,15H2,1-4H3/b25-23+. The Balaban J connectivity index is 1.89. The molecule has 1 amide bonds. The number of likely N-dealkylation sites (tertiary alicyclic amines) is 1. The molecule has 2 atom stereocenters. The number of benzene rings is 2. The van der Waals surface area contributed by atoms with E-state index in [1.54, 1.807) is 36.4 Å². The molecule has 2 saturated heterocycles. The second kappa shape index (κ2) is 10.9. The van der Waals surface area contributed by atoms with E-state index in [1.165, 1.54) is 26.2 Å². The number of methoxy groups -OCH3 is 3. The first-order chi connectivity index (χ1) is 17.4. The van der Waals surface area contributed by atoms with Gasteiger partial charge < -0.3 is 33.7 Å². The molecule has 9 nitrogen and oxygen atoms in total. The van der Waals surface area contributed by atoms with Crippen LogP contribution >= 0.6 is 0 Å². The van der Waals surface area contributed by atoms with Crippen LogP contribution in [0.4, 0.5) is 0 Å². The zero-order valence-corrected chi connectivity index (χ0v) is 20.9. The molecule has 2 heterocycles. The molecule has 1 N–H and O–H groups in total. The van der Waals surface area contributed by atoms with Crippen molar-refractivity contribution in [3.05, 3.63) is 53.1 Å². The lowest BCUT2D eigenvalue weighted by atomic mass is 9.94. The molecule has 4 rings (SSSR count). The number of nitrogens with zero attached hydrogens (tertiary/aromatic N) is 1. The lowest BCUT2D eigenvalue weighted by Crippen LogP contribution is -2.36. The molecule has 2 aromatic rings. The molecule has 192 valence electrons. The zero-order valence-electron chi connectivity index (χ0n) is 20.9. The van der Waals surface area contributed by atoms with Gasteiger partial charge in [0, 0.05) is 13.2 Å². The van der Waals surface area contributed by atoms with Crippen molar-refractivity contribution in [1.29, 1.82) is 0 Å². The predicted octanol–water partition coefficient (Wildman–Crippen LogP) is 3.71. The Kier molecular flexibility index (Phi) is 7.69. The number of hydrogen-bond donors (Lipinski definition) is 1. The van der Waals surface area contributed by atoms with Gasteiger partial charge in [-0.3, -0.25) is 9.59 Å². The monoisotopic (exact) mass is 497 g/mol. The summed E-state index contributed by atoms with van der Waals surface area (Å²) in [5.41, 5.74) is 0.793. The van der Waals surface area contributed by atoms with Gasteiger partial charge in [0.05, 0.1) is 51.2 Å². The number of rotatable bonds is 9. The third kappa shape index (κ3) is 4.70. The second-order valence-corrected chi connectivity index (χ2v) is 8.50. The topological polar surface area (TPSA) is 104 Å². The van der Waals surface area contributed by atoms with Crippen molar-refractivity contribution in [1.82, 2.24) is 4.90 Å². The van der Waals surface area contributed by atoms with Crippen LogP contribution in [0.3, 0.4) is 0 Å². The fraction of sp³-hybridized carbons (Fsp3) is 0.407. The van der Waals surface area contributed by atoms with Gasteiger partial charge in [-0.05, 0) is 55.7 Å². The van der Waals surface area contributed by atoms with Crippen molar-refractivity contribution < 1.29 is 38.4 Å². The van der Waals surface area contributed by atoms with Crippen molar-refractivity contribution >= 4 is 17.4 Å². The summed E-state index contributed by atoms with van der Waals surface area (Å²) in [4.78, 5) is 28.1. The summed E-state index contributed by atoms with van der Waals surface area (Å²) in [6, 6.07) is 9.23. The Morgan fingerprint density at radius 3 is 2.42 bits per heavy atom. The van der Waals surface area contributed by atoms with Gasteiger partial charge in [-0.25, -0.2) is 0 Å². The molecular formula is C27H31NO8. The van der Waals surface area contributed by atoms with Crippen LogP contribution in [-0.4, -0.2) is 68.9 Å². The highest BCUT2D eigenvalue weighted by Gasteiger charge is 2.47. The molecule has 2 aliphatic heterocycles. The van der Waals surface area contributed by atoms with Crippen LogP contribution < -0.4 is 18.9 Å². The molecule has 9 heteroatoms. The van der Waals surface area contributed by atoms with Crippen LogP contribution in [0, 0.1) is 0 Å². The molecule has 36 heavy (non-hydrogen) atoms. The maximum atomic E-state index is 13.4. The van der Waals surface area contributed by atoms with E-state index in [2.05, 4.69) is 0 Å². The van der Waals surface area contributed by atoms with E-state index in [0.717, 1.165) is 12.8 Å². The molecule has 0 aliphatic carbocycles. The molecule has 0 aromatic heterocycles. The van der Waals surface area contributed by atoms with E-state index >= 15 is 0 Å². The number of ketones is 1. The van der Waals surface area contributed by atoms with E-state index in [1.807, 2.05) is 6.92 Å². The molecule has 0 saturated carbocycles. The number of carbonyl (C=O) groups is 2. The van der Waals surface area contributed by atoms with Gasteiger partial charge in [0.15, 0.2) is 11.5 Å². The second-order valence-electron chi connectivity index (χ2n) is 8.50. The van der Waals surface area contributed by atoms with E-state index < -0.39 is 17.7 Å². The van der Waals surface area contributed by atoms with Crippen molar-refractivity contribution in [3.63, 3.8) is 0 Å². The van der Waals surface area contributed by atoms with Crippen LogP contribution in [0.2, 0.25) is 0 Å². The number of carbonyl (C=O) groups excluding carboxylic acids is 2. The SMILES string of the molecule is CCOc1ccc(C2/C(=C(\O)c3cc(OC)ccc3OC)C(=O)C(=O)N2CC2CCCO2)cc1OC. The van der Waals surface area contributed by atoms with Crippen molar-refractivity contribution in [2.75, 3.05) is 41.1 Å². The Bertz CT molecular complexity index is 1170. The minimum absolute atomic E-state index is 0.0456. The minimum Gasteiger partial charge on any atom is -0.507 e. The quantitative estimate of drug-likeness (QED) is 0.318. The number of aliphatic hydroxyl groups excluding tert-OH is 1. The smallest absolute Gasteiger partial charge is 0.295 e. The van der Waals surface area contributed by atoms with Crippen molar-refractivity contribution in [2.45, 2.75) is 31.9 Å². The van der Waals surface area contributed by atoms with Gasteiger partial charge in [0.25, 0.3) is 11.7 Å². The number of ether oxygens (including phenoxy) is 5. The summed E-state index contributed by atoms with van der Waals surface area (Å²) in [5.74, 6) is -0.0473. The van der Waals surface area contributed by atoms with Crippen LogP contribution in [0.1, 0.15) is 36.9 Å². The summed E-state index contributed by atoms with van der Waals surface area (Å²) in [7, 11) is 4.48. The summed E-state index contributed by atoms with van der Waals surface area (Å²) in [6.07, 6.45) is 1.48. The number of aliphatic hydroxyl groups is 1. The minimum atomic E-state index is -0.866. The number of amides is 1. The zero-order chi connectivity index (χ0) is 25.8. The number of hydrogen-bond acceptors (Lipinski definition) is 8. The molecule has 0 radical (unpaired) electrons. The molecule has 2 fully saturated rings. The normalized spacial score (nSPS) is 21.1. The average molecular weight is 498 g/mol. The third-order valence-corrected chi connectivity index (χ3v) is 6.43. The fourth-order valence-corrected chi connectivity index (χ4v) is 4.70. The highest BCUT2D eigenvalue weighted by atomic mass is 16.5. The number of Topliss-reactive ketones (excluding diaryl/α,β-unsaturated/α-hetero) is 1. The molecule has 0 bridgehead atoms. The molecule has 0 spiro atoms. The first-order valence-electron chi connectivity index (χ1n) is 11.9. The lowest BCUT2D eigenvalue weighted by Gasteiger charge is -2.28. The van der Waals surface area contributed by atoms with Crippen LogP contribution in [0.25, 0.3) is 5.76 Å². The van der Waals surface area contributed by atoms with Crippen molar-refractivity contribution in [2.24, 2.45) is 0 Å². The Hall–Kier alpha value is -3.72. The Morgan fingerprint density at radius 1 is 1.03 bits per heavy atom. The Labute approximate surface area is 210 Å². The van der Waals surface area contributed by atoms with Gasteiger partial charge in [-0.15, -0.1) is 0 Å². The maximum Gasteiger partial charge on any atom is 0.295 e. The highest BCUT2D eigenvalue weighted by Crippen LogP contribution is 2.44. The molecular weight excluding hydrogens is 466 g/mol. The first kappa shape index (κ1) is 25.4. The van der Waals surface area contributed by atoms with Gasteiger partial charge in [0.1, 0.15) is 17.3 Å². The summed E-state index contributed by atoms with van der Waals surface area (Å²) in [5, 5.41) is 11.5. The fourth-order valence-electron chi connectivity index (χ4n) is 4.70. The first-order valence-corrected chi connectivity index (χ1v) is 11.9. The molecule has 2 aromatic carbocycles. The molecule has 2 unspecified atom stereocenters. The van der Waals surface area contributed by atoms with Crippen LogP contribution in [-0.2, 0) is 14.3 Å². The van der Waals surface area contributed by atoms with Gasteiger partial charge in [0.2, 0.25) is 0 Å². The lowest BCUT2D eigenvalue weighted by molar-refractivity contribution is -0.140. The maximum absolute atomic E-state index is 13.4. The highest BCUT2D eigenvalue weighted by molar-refractivity contribution is 6.46. The average Bonchev–Trinajstić information content (AvgIpc) is 3.50. The van der Waals surface area contributed by atoms with E-state index in [-0.39, 0.29) is 29.5 Å². The van der Waals surface area contributed by atoms with E-state index in [0.29, 0.717) is 41.8 Å². The van der Waals surface area contributed by atoms with Gasteiger partial charge in [-0.2, -0.15) is 0 Å². The van der Waals surface area contributed by atoms with E-state index in [9.17, 15) is 14.7 Å². The molecule has 2 aliphatic rings. The van der Waals surface area contributed by atoms with Crippen LogP contribution in [0.15, 0.2) is 42.0 Å². The van der Waals surface area contributed by atoms with Gasteiger partial charge >= 0.3 is 0 Å².